The molecule has 0 unspecified atom stereocenters. The first-order valence-corrected chi connectivity index (χ1v) is 7.68. The van der Waals surface area contributed by atoms with Crippen molar-refractivity contribution >= 4 is 5.78 Å². The fourth-order valence-corrected chi connectivity index (χ4v) is 2.67. The van der Waals surface area contributed by atoms with Gasteiger partial charge in [-0.1, -0.05) is 12.1 Å². The van der Waals surface area contributed by atoms with Crippen LogP contribution in [0.1, 0.15) is 5.56 Å². The van der Waals surface area contributed by atoms with E-state index in [-0.39, 0.29) is 5.82 Å². The Morgan fingerprint density at radius 3 is 2.35 bits per heavy atom. The van der Waals surface area contributed by atoms with Crippen LogP contribution in [0.2, 0.25) is 0 Å². The number of nitrogens with zero attached hydrogens (tertiary/aromatic N) is 3. The van der Waals surface area contributed by atoms with Gasteiger partial charge in [0.1, 0.15) is 5.82 Å². The smallest absolute Gasteiger partial charge is 0.290 e. The van der Waals surface area contributed by atoms with Crippen LogP contribution in [-0.2, 0) is 6.18 Å². The van der Waals surface area contributed by atoms with E-state index in [1.807, 2.05) is 0 Å². The third kappa shape index (κ3) is 3.03. The molecule has 7 heteroatoms. The van der Waals surface area contributed by atoms with Gasteiger partial charge in [0.05, 0.1) is 11.3 Å². The maximum absolute atomic E-state index is 13.0. The normalized spacial score (nSPS) is 11.8. The van der Waals surface area contributed by atoms with Crippen molar-refractivity contribution in [1.82, 2.24) is 14.4 Å². The number of hydrogen-bond acceptors (Lipinski definition) is 2. The average molecular weight is 357 g/mol. The predicted molar refractivity (Wildman–Crippen MR) is 88.8 cm³/mol. The Balaban J connectivity index is 1.75. The highest BCUT2D eigenvalue weighted by atomic mass is 19.4. The number of benzene rings is 2. The Morgan fingerprint density at radius 2 is 1.62 bits per heavy atom. The molecule has 0 bridgehead atoms. The van der Waals surface area contributed by atoms with Crippen LogP contribution in [0, 0.1) is 5.82 Å². The quantitative estimate of drug-likeness (QED) is 0.460. The molecule has 0 N–H and O–H groups in total. The molecule has 0 aliphatic carbocycles. The summed E-state index contributed by atoms with van der Waals surface area (Å²) in [6.45, 7) is 0. The maximum atomic E-state index is 13.0. The van der Waals surface area contributed by atoms with Crippen LogP contribution in [0.4, 0.5) is 17.6 Å². The van der Waals surface area contributed by atoms with Crippen molar-refractivity contribution in [2.45, 2.75) is 6.18 Å². The fourth-order valence-electron chi connectivity index (χ4n) is 2.67. The van der Waals surface area contributed by atoms with Gasteiger partial charge in [0.25, 0.3) is 0 Å². The van der Waals surface area contributed by atoms with Crippen molar-refractivity contribution in [3.63, 3.8) is 0 Å². The van der Waals surface area contributed by atoms with E-state index in [1.54, 1.807) is 35.0 Å². The molecule has 26 heavy (non-hydrogen) atoms. The van der Waals surface area contributed by atoms with E-state index in [4.69, 9.17) is 0 Å². The molecule has 2 aromatic heterocycles. The molecular weight excluding hydrogens is 346 g/mol. The molecule has 2 heterocycles. The molecule has 0 amide bonds. The van der Waals surface area contributed by atoms with Crippen LogP contribution in [0.5, 0.6) is 0 Å². The largest absolute Gasteiger partial charge is 0.416 e. The van der Waals surface area contributed by atoms with Gasteiger partial charge < -0.3 is 0 Å². The molecule has 0 fully saturated rings. The zero-order valence-corrected chi connectivity index (χ0v) is 13.2. The predicted octanol–water partition coefficient (Wildman–Crippen LogP) is 5.22. The second kappa shape index (κ2) is 5.94. The molecule has 0 radical (unpaired) electrons. The van der Waals surface area contributed by atoms with Crippen LogP contribution in [0.15, 0.2) is 67.1 Å². The van der Waals surface area contributed by atoms with E-state index in [0.717, 1.165) is 17.7 Å². The van der Waals surface area contributed by atoms with Gasteiger partial charge in [0, 0.05) is 29.7 Å². The standard InChI is InChI=1S/C19H11F4N3/c20-16-6-4-12(5-7-16)17-11-26-10-14(9-24-18(26)25-17)13-2-1-3-15(8-13)19(21,22)23/h1-11H. The van der Waals surface area contributed by atoms with E-state index < -0.39 is 11.7 Å². The molecule has 0 atom stereocenters. The Hall–Kier alpha value is -3.22. The molecule has 4 aromatic rings. The first-order valence-electron chi connectivity index (χ1n) is 7.68. The van der Waals surface area contributed by atoms with Gasteiger partial charge in [0.2, 0.25) is 5.78 Å². The molecule has 0 aliphatic rings. The summed E-state index contributed by atoms with van der Waals surface area (Å²) in [6, 6.07) is 10.9. The van der Waals surface area contributed by atoms with Crippen LogP contribution >= 0.6 is 0 Å². The molecule has 4 rings (SSSR count). The monoisotopic (exact) mass is 357 g/mol. The topological polar surface area (TPSA) is 30.2 Å². The Kier molecular flexibility index (Phi) is 3.72. The Bertz CT molecular complexity index is 1080. The lowest BCUT2D eigenvalue weighted by Crippen LogP contribution is -2.04. The summed E-state index contributed by atoms with van der Waals surface area (Å²) in [5.74, 6) is 0.0579. The fraction of sp³-hybridized carbons (Fsp3) is 0.0526. The highest BCUT2D eigenvalue weighted by Gasteiger charge is 2.30. The third-order valence-electron chi connectivity index (χ3n) is 3.97. The Morgan fingerprint density at radius 1 is 0.846 bits per heavy atom. The number of fused-ring (bicyclic) bond motifs is 1. The number of imidazole rings is 1. The molecule has 130 valence electrons. The van der Waals surface area contributed by atoms with Gasteiger partial charge in [-0.3, -0.25) is 4.40 Å². The SMILES string of the molecule is Fc1ccc(-c2cn3cc(-c4cccc(C(F)(F)F)c4)cnc3n2)cc1. The van der Waals surface area contributed by atoms with Crippen molar-refractivity contribution < 1.29 is 17.6 Å². The van der Waals surface area contributed by atoms with E-state index in [0.29, 0.717) is 22.6 Å². The summed E-state index contributed by atoms with van der Waals surface area (Å²) in [5.41, 5.74) is 1.54. The molecule has 2 aromatic carbocycles. The molecule has 0 saturated heterocycles. The molecule has 0 aliphatic heterocycles. The number of aromatic nitrogens is 3. The van der Waals surface area contributed by atoms with Crippen molar-refractivity contribution in [2.75, 3.05) is 0 Å². The summed E-state index contributed by atoms with van der Waals surface area (Å²) < 4.78 is 53.4. The minimum absolute atomic E-state index is 0.345. The second-order valence-corrected chi connectivity index (χ2v) is 5.76. The molecule has 0 saturated carbocycles. The lowest BCUT2D eigenvalue weighted by atomic mass is 10.1. The van der Waals surface area contributed by atoms with Gasteiger partial charge in [-0.2, -0.15) is 13.2 Å². The molecule has 3 nitrogen and oxygen atoms in total. The van der Waals surface area contributed by atoms with Gasteiger partial charge in [-0.05, 0) is 42.0 Å². The van der Waals surface area contributed by atoms with E-state index in [9.17, 15) is 17.6 Å². The molecular formula is C19H11F4N3. The maximum Gasteiger partial charge on any atom is 0.416 e. The summed E-state index contributed by atoms with van der Waals surface area (Å²) in [5, 5.41) is 0. The lowest BCUT2D eigenvalue weighted by molar-refractivity contribution is -0.137. The summed E-state index contributed by atoms with van der Waals surface area (Å²) in [6.07, 6.45) is 0.440. The summed E-state index contributed by atoms with van der Waals surface area (Å²) in [4.78, 5) is 8.56. The zero-order valence-electron chi connectivity index (χ0n) is 13.2. The number of alkyl halides is 3. The van der Waals surface area contributed by atoms with Crippen LogP contribution in [-0.4, -0.2) is 14.4 Å². The lowest BCUT2D eigenvalue weighted by Gasteiger charge is -2.08. The van der Waals surface area contributed by atoms with E-state index in [2.05, 4.69) is 9.97 Å². The van der Waals surface area contributed by atoms with Crippen molar-refractivity contribution in [2.24, 2.45) is 0 Å². The zero-order chi connectivity index (χ0) is 18.3. The average Bonchev–Trinajstić information content (AvgIpc) is 3.05. The van der Waals surface area contributed by atoms with Gasteiger partial charge in [0.15, 0.2) is 0 Å². The van der Waals surface area contributed by atoms with E-state index >= 15 is 0 Å². The minimum Gasteiger partial charge on any atom is -0.290 e. The Labute approximate surface area is 145 Å². The highest BCUT2D eigenvalue weighted by Crippen LogP contribution is 2.32. The van der Waals surface area contributed by atoms with E-state index in [1.165, 1.54) is 24.4 Å². The summed E-state index contributed by atoms with van der Waals surface area (Å²) >= 11 is 0. The van der Waals surface area contributed by atoms with Crippen LogP contribution in [0.25, 0.3) is 28.2 Å². The van der Waals surface area contributed by atoms with Crippen molar-refractivity contribution in [3.05, 3.63) is 78.5 Å². The second-order valence-electron chi connectivity index (χ2n) is 5.76. The van der Waals surface area contributed by atoms with Crippen molar-refractivity contribution in [3.8, 4) is 22.4 Å². The third-order valence-corrected chi connectivity index (χ3v) is 3.97. The first-order chi connectivity index (χ1) is 12.4. The highest BCUT2D eigenvalue weighted by molar-refractivity contribution is 5.66. The summed E-state index contributed by atoms with van der Waals surface area (Å²) in [7, 11) is 0. The van der Waals surface area contributed by atoms with Gasteiger partial charge >= 0.3 is 6.18 Å². The number of halogens is 4. The number of hydrogen-bond donors (Lipinski definition) is 0. The minimum atomic E-state index is -4.40. The first kappa shape index (κ1) is 16.3. The van der Waals surface area contributed by atoms with Gasteiger partial charge in [-0.25, -0.2) is 14.4 Å². The van der Waals surface area contributed by atoms with Crippen LogP contribution in [0.3, 0.4) is 0 Å². The van der Waals surface area contributed by atoms with Crippen molar-refractivity contribution in [1.29, 1.82) is 0 Å². The van der Waals surface area contributed by atoms with Gasteiger partial charge in [-0.15, -0.1) is 0 Å². The molecule has 0 spiro atoms. The number of rotatable bonds is 2. The van der Waals surface area contributed by atoms with Crippen LogP contribution < -0.4 is 0 Å².